The summed E-state index contributed by atoms with van der Waals surface area (Å²) in [5.74, 6) is -0.450. The van der Waals surface area contributed by atoms with Crippen LogP contribution < -0.4 is 5.32 Å². The number of sulfonamides is 1. The summed E-state index contributed by atoms with van der Waals surface area (Å²) in [7, 11) is -1.34. The summed E-state index contributed by atoms with van der Waals surface area (Å²) in [6, 6.07) is 9.24. The SMILES string of the molecule is CON(C)S(=O)(=O)c1ccc(Br)c(C(=O)Nc2ccc(Cl)cc2C)c1. The quantitative estimate of drug-likeness (QED) is 0.707. The number of nitrogens with one attached hydrogen (secondary N) is 1. The molecule has 0 heterocycles. The molecule has 134 valence electrons. The maximum Gasteiger partial charge on any atom is 0.264 e. The van der Waals surface area contributed by atoms with E-state index < -0.39 is 15.9 Å². The molecule has 0 saturated carbocycles. The van der Waals surface area contributed by atoms with Gasteiger partial charge in [-0.3, -0.25) is 9.63 Å². The van der Waals surface area contributed by atoms with Gasteiger partial charge in [0.05, 0.1) is 17.6 Å². The van der Waals surface area contributed by atoms with Crippen LogP contribution in [0.5, 0.6) is 0 Å². The van der Waals surface area contributed by atoms with Crippen molar-refractivity contribution in [1.29, 1.82) is 0 Å². The van der Waals surface area contributed by atoms with E-state index in [2.05, 4.69) is 21.2 Å². The van der Waals surface area contributed by atoms with Crippen LogP contribution >= 0.6 is 27.5 Å². The topological polar surface area (TPSA) is 75.7 Å². The molecule has 0 aliphatic heterocycles. The molecular formula is C16H16BrClN2O4S. The highest BCUT2D eigenvalue weighted by molar-refractivity contribution is 9.10. The fourth-order valence-corrected chi connectivity index (χ4v) is 3.70. The summed E-state index contributed by atoms with van der Waals surface area (Å²) in [4.78, 5) is 17.3. The Morgan fingerprint density at radius 3 is 2.52 bits per heavy atom. The van der Waals surface area contributed by atoms with Gasteiger partial charge in [-0.1, -0.05) is 16.1 Å². The van der Waals surface area contributed by atoms with Gasteiger partial charge in [-0.05, 0) is 64.8 Å². The first kappa shape index (κ1) is 19.9. The maximum atomic E-state index is 12.6. The van der Waals surface area contributed by atoms with E-state index in [9.17, 15) is 13.2 Å². The molecule has 0 atom stereocenters. The van der Waals surface area contributed by atoms with E-state index in [1.165, 1.54) is 32.4 Å². The molecule has 9 heteroatoms. The zero-order valence-electron chi connectivity index (χ0n) is 13.7. The van der Waals surface area contributed by atoms with Crippen LogP contribution in [0.2, 0.25) is 5.02 Å². The molecule has 1 N–H and O–H groups in total. The fraction of sp³-hybridized carbons (Fsp3) is 0.188. The summed E-state index contributed by atoms with van der Waals surface area (Å²) >= 11 is 9.18. The second kappa shape index (κ2) is 7.84. The Hall–Kier alpha value is -1.45. The van der Waals surface area contributed by atoms with Gasteiger partial charge in [-0.25, -0.2) is 8.42 Å². The van der Waals surface area contributed by atoms with Gasteiger partial charge in [0.2, 0.25) is 0 Å². The molecular weight excluding hydrogens is 432 g/mol. The highest BCUT2D eigenvalue weighted by atomic mass is 79.9. The van der Waals surface area contributed by atoms with E-state index in [1.54, 1.807) is 18.2 Å². The Bertz CT molecular complexity index is 918. The molecule has 25 heavy (non-hydrogen) atoms. The van der Waals surface area contributed by atoms with Gasteiger partial charge in [-0.2, -0.15) is 0 Å². The minimum atomic E-state index is -3.86. The molecule has 0 aliphatic carbocycles. The van der Waals surface area contributed by atoms with Crippen LogP contribution in [-0.4, -0.2) is 33.0 Å². The van der Waals surface area contributed by atoms with E-state index >= 15 is 0 Å². The molecule has 0 saturated heterocycles. The summed E-state index contributed by atoms with van der Waals surface area (Å²) in [6.07, 6.45) is 0. The summed E-state index contributed by atoms with van der Waals surface area (Å²) in [5.41, 5.74) is 1.56. The third-order valence-electron chi connectivity index (χ3n) is 3.51. The van der Waals surface area contributed by atoms with Crippen molar-refractivity contribution < 1.29 is 18.0 Å². The number of nitrogens with zero attached hydrogens (tertiary/aromatic N) is 1. The monoisotopic (exact) mass is 446 g/mol. The molecule has 0 aliphatic rings. The summed E-state index contributed by atoms with van der Waals surface area (Å²) in [6.45, 7) is 1.81. The van der Waals surface area contributed by atoms with Crippen molar-refractivity contribution in [2.24, 2.45) is 0 Å². The van der Waals surface area contributed by atoms with Crippen molar-refractivity contribution >= 4 is 49.1 Å². The van der Waals surface area contributed by atoms with Crippen LogP contribution in [0, 0.1) is 6.92 Å². The lowest BCUT2D eigenvalue weighted by atomic mass is 10.1. The number of amides is 1. The van der Waals surface area contributed by atoms with Crippen LogP contribution in [0.1, 0.15) is 15.9 Å². The van der Waals surface area contributed by atoms with E-state index in [-0.39, 0.29) is 10.5 Å². The Labute approximate surface area is 159 Å². The van der Waals surface area contributed by atoms with Gasteiger partial charge in [0.15, 0.2) is 0 Å². The van der Waals surface area contributed by atoms with Gasteiger partial charge in [-0.15, -0.1) is 0 Å². The van der Waals surface area contributed by atoms with E-state index in [0.29, 0.717) is 15.2 Å². The molecule has 0 fully saturated rings. The van der Waals surface area contributed by atoms with Crippen molar-refractivity contribution in [3.8, 4) is 0 Å². The standard InChI is InChI=1S/C16H16BrClN2O4S/c1-10-8-11(18)4-7-15(10)19-16(21)13-9-12(5-6-14(13)17)25(22,23)20(2)24-3/h4-9H,1-3H3,(H,19,21). The van der Waals surface area contributed by atoms with Crippen molar-refractivity contribution in [2.75, 3.05) is 19.5 Å². The fourth-order valence-electron chi connectivity index (χ4n) is 2.04. The predicted octanol–water partition coefficient (Wildman–Crippen LogP) is 3.85. The number of hydrogen-bond donors (Lipinski definition) is 1. The summed E-state index contributed by atoms with van der Waals surface area (Å²) < 4.78 is 25.9. The lowest BCUT2D eigenvalue weighted by molar-refractivity contribution is -0.0258. The number of rotatable bonds is 5. The number of anilines is 1. The number of benzene rings is 2. The molecule has 1 amide bonds. The number of carbonyl (C=O) groups is 1. The largest absolute Gasteiger partial charge is 0.322 e. The predicted molar refractivity (Wildman–Crippen MR) is 100 cm³/mol. The zero-order valence-corrected chi connectivity index (χ0v) is 16.9. The number of hydroxylamine groups is 1. The molecule has 0 aromatic heterocycles. The average Bonchev–Trinajstić information content (AvgIpc) is 2.56. The zero-order chi connectivity index (χ0) is 18.8. The van der Waals surface area contributed by atoms with Crippen LogP contribution in [0.3, 0.4) is 0 Å². The average molecular weight is 448 g/mol. The highest BCUT2D eigenvalue weighted by Crippen LogP contribution is 2.25. The van der Waals surface area contributed by atoms with Gasteiger partial charge >= 0.3 is 0 Å². The molecule has 0 bridgehead atoms. The van der Waals surface area contributed by atoms with E-state index in [0.717, 1.165) is 10.0 Å². The van der Waals surface area contributed by atoms with Crippen LogP contribution in [0.15, 0.2) is 45.8 Å². The van der Waals surface area contributed by atoms with Crippen molar-refractivity contribution in [2.45, 2.75) is 11.8 Å². The number of carbonyl (C=O) groups excluding carboxylic acids is 1. The number of halogens is 2. The lowest BCUT2D eigenvalue weighted by Crippen LogP contribution is -2.26. The first-order valence-corrected chi connectivity index (χ1v) is 9.68. The van der Waals surface area contributed by atoms with E-state index in [4.69, 9.17) is 16.4 Å². The second-order valence-electron chi connectivity index (χ2n) is 5.15. The second-order valence-corrected chi connectivity index (χ2v) is 8.38. The molecule has 0 spiro atoms. The first-order chi connectivity index (χ1) is 11.7. The Kier molecular flexibility index (Phi) is 6.23. The molecule has 6 nitrogen and oxygen atoms in total. The van der Waals surface area contributed by atoms with Gasteiger partial charge in [0, 0.05) is 22.2 Å². The molecule has 0 radical (unpaired) electrons. The minimum absolute atomic E-state index is 0.0574. The van der Waals surface area contributed by atoms with Crippen LogP contribution in [0.4, 0.5) is 5.69 Å². The van der Waals surface area contributed by atoms with Gasteiger partial charge in [0.1, 0.15) is 0 Å². The number of aryl methyl sites for hydroxylation is 1. The molecule has 2 aromatic carbocycles. The van der Waals surface area contributed by atoms with Crippen LogP contribution in [-0.2, 0) is 14.9 Å². The lowest BCUT2D eigenvalue weighted by Gasteiger charge is -2.15. The normalized spacial score (nSPS) is 11.6. The third kappa shape index (κ3) is 4.39. The Morgan fingerprint density at radius 1 is 1.24 bits per heavy atom. The van der Waals surface area contributed by atoms with Gasteiger partial charge < -0.3 is 5.32 Å². The van der Waals surface area contributed by atoms with Crippen molar-refractivity contribution in [3.63, 3.8) is 0 Å². The minimum Gasteiger partial charge on any atom is -0.322 e. The molecule has 0 unspecified atom stereocenters. The van der Waals surface area contributed by atoms with Crippen molar-refractivity contribution in [1.82, 2.24) is 4.47 Å². The van der Waals surface area contributed by atoms with Gasteiger partial charge in [0.25, 0.3) is 15.9 Å². The Morgan fingerprint density at radius 2 is 1.92 bits per heavy atom. The maximum absolute atomic E-state index is 12.6. The van der Waals surface area contributed by atoms with Crippen LogP contribution in [0.25, 0.3) is 0 Å². The first-order valence-electron chi connectivity index (χ1n) is 7.07. The molecule has 2 rings (SSSR count). The Balaban J connectivity index is 2.38. The molecule has 2 aromatic rings. The van der Waals surface area contributed by atoms with Crippen molar-refractivity contribution in [3.05, 3.63) is 57.0 Å². The van der Waals surface area contributed by atoms with E-state index in [1.807, 2.05) is 6.92 Å². The number of hydrogen-bond acceptors (Lipinski definition) is 4. The smallest absolute Gasteiger partial charge is 0.264 e. The third-order valence-corrected chi connectivity index (χ3v) is 6.11. The summed E-state index contributed by atoms with van der Waals surface area (Å²) in [5, 5.41) is 3.31. The highest BCUT2D eigenvalue weighted by Gasteiger charge is 2.23.